The molecule has 2 rings (SSSR count). The molecular formula is C17H22F3N3O5S. The van der Waals surface area contributed by atoms with Crippen LogP contribution in [-0.4, -0.2) is 60.5 Å². The predicted molar refractivity (Wildman–Crippen MR) is 95.8 cm³/mol. The number of amides is 2. The molecule has 0 bridgehead atoms. The molecule has 0 spiro atoms. The van der Waals surface area contributed by atoms with Gasteiger partial charge in [0, 0.05) is 25.3 Å². The molecule has 0 atom stereocenters. The van der Waals surface area contributed by atoms with E-state index in [2.05, 4.69) is 10.3 Å². The van der Waals surface area contributed by atoms with Crippen LogP contribution in [0.3, 0.4) is 0 Å². The molecule has 1 saturated heterocycles. The van der Waals surface area contributed by atoms with Crippen LogP contribution >= 0.6 is 0 Å². The van der Waals surface area contributed by atoms with Crippen LogP contribution in [0.25, 0.3) is 0 Å². The molecule has 1 N–H and O–H groups in total. The average Bonchev–Trinajstić information content (AvgIpc) is 2.60. The van der Waals surface area contributed by atoms with Crippen LogP contribution in [0.1, 0.15) is 44.0 Å². The summed E-state index contributed by atoms with van der Waals surface area (Å²) in [5.74, 6) is -0.975. The fourth-order valence-electron chi connectivity index (χ4n) is 2.68. The first-order chi connectivity index (χ1) is 13.2. The first-order valence-corrected chi connectivity index (χ1v) is 10.3. The zero-order valence-electron chi connectivity index (χ0n) is 16.1. The van der Waals surface area contributed by atoms with Crippen molar-refractivity contribution in [2.24, 2.45) is 0 Å². The van der Waals surface area contributed by atoms with Gasteiger partial charge in [0.15, 0.2) is 5.03 Å². The third-order valence-corrected chi connectivity index (χ3v) is 5.50. The van der Waals surface area contributed by atoms with Crippen LogP contribution < -0.4 is 5.32 Å². The van der Waals surface area contributed by atoms with E-state index < -0.39 is 49.6 Å². The fourth-order valence-corrected chi connectivity index (χ4v) is 3.55. The van der Waals surface area contributed by atoms with Gasteiger partial charge in [-0.15, -0.1) is 0 Å². The first-order valence-electron chi connectivity index (χ1n) is 8.77. The van der Waals surface area contributed by atoms with Gasteiger partial charge in [-0.3, -0.25) is 4.79 Å². The van der Waals surface area contributed by atoms with Crippen molar-refractivity contribution in [3.63, 3.8) is 0 Å². The molecule has 0 saturated carbocycles. The van der Waals surface area contributed by atoms with Gasteiger partial charge in [0.05, 0.1) is 5.56 Å². The SMILES string of the molecule is CC(C)(C)OC(=O)N1CCC(NC(=O)c2cccnc2S(=O)(=O)C(F)(F)F)CC1. The molecule has 1 fully saturated rings. The van der Waals surface area contributed by atoms with E-state index in [1.165, 1.54) is 11.0 Å². The molecule has 1 aromatic heterocycles. The molecule has 0 aromatic carbocycles. The smallest absolute Gasteiger partial charge is 0.444 e. The molecule has 12 heteroatoms. The summed E-state index contributed by atoms with van der Waals surface area (Å²) in [5, 5.41) is 1.18. The highest BCUT2D eigenvalue weighted by atomic mass is 32.2. The quantitative estimate of drug-likeness (QED) is 0.779. The van der Waals surface area contributed by atoms with Gasteiger partial charge in [-0.2, -0.15) is 13.2 Å². The Morgan fingerprint density at radius 3 is 2.31 bits per heavy atom. The van der Waals surface area contributed by atoms with E-state index >= 15 is 0 Å². The molecule has 1 aromatic rings. The normalized spacial score (nSPS) is 16.4. The number of carbonyl (C=O) groups is 2. The van der Waals surface area contributed by atoms with E-state index in [0.717, 1.165) is 12.3 Å². The maximum absolute atomic E-state index is 12.8. The number of pyridine rings is 1. The average molecular weight is 437 g/mol. The van der Waals surface area contributed by atoms with E-state index in [1.54, 1.807) is 20.8 Å². The zero-order chi connectivity index (χ0) is 22.0. The summed E-state index contributed by atoms with van der Waals surface area (Å²) < 4.78 is 67.2. The van der Waals surface area contributed by atoms with Crippen LogP contribution in [0.15, 0.2) is 23.4 Å². The van der Waals surface area contributed by atoms with Gasteiger partial charge >= 0.3 is 11.6 Å². The van der Waals surface area contributed by atoms with Crippen LogP contribution in [0.2, 0.25) is 0 Å². The molecule has 162 valence electrons. The minimum atomic E-state index is -5.77. The predicted octanol–water partition coefficient (Wildman–Crippen LogP) is 2.50. The number of halogens is 3. The van der Waals surface area contributed by atoms with Gasteiger partial charge in [-0.1, -0.05) is 0 Å². The molecule has 29 heavy (non-hydrogen) atoms. The second-order valence-corrected chi connectivity index (χ2v) is 9.38. The number of nitrogens with zero attached hydrogens (tertiary/aromatic N) is 2. The standard InChI is InChI=1S/C17H22F3N3O5S/c1-16(2,3)28-15(25)23-9-6-11(7-10-23)22-13(24)12-5-4-8-21-14(12)29(26,27)17(18,19)20/h4-5,8,11H,6-7,9-10H2,1-3H3,(H,22,24). The number of hydrogen-bond acceptors (Lipinski definition) is 6. The maximum atomic E-state index is 12.8. The van der Waals surface area contributed by atoms with Gasteiger partial charge in [-0.25, -0.2) is 18.2 Å². The summed E-state index contributed by atoms with van der Waals surface area (Å²) in [4.78, 5) is 29.2. The highest BCUT2D eigenvalue weighted by Gasteiger charge is 2.49. The summed E-state index contributed by atoms with van der Waals surface area (Å²) in [6.45, 7) is 5.76. The summed E-state index contributed by atoms with van der Waals surface area (Å²) in [5.41, 5.74) is -6.91. The molecule has 1 aliphatic rings. The summed E-state index contributed by atoms with van der Waals surface area (Å²) in [6, 6.07) is 1.70. The largest absolute Gasteiger partial charge is 0.503 e. The third kappa shape index (κ3) is 5.58. The Bertz CT molecular complexity index is 873. The lowest BCUT2D eigenvalue weighted by Crippen LogP contribution is -2.48. The highest BCUT2D eigenvalue weighted by molar-refractivity contribution is 7.92. The number of likely N-dealkylation sites (tertiary alicyclic amines) is 1. The summed E-state index contributed by atoms with van der Waals surface area (Å²) in [6.07, 6.45) is 1.06. The Morgan fingerprint density at radius 2 is 1.79 bits per heavy atom. The monoisotopic (exact) mass is 437 g/mol. The molecule has 0 unspecified atom stereocenters. The molecule has 2 heterocycles. The Hall–Kier alpha value is -2.37. The maximum Gasteiger partial charge on any atom is 0.503 e. The summed E-state index contributed by atoms with van der Waals surface area (Å²) >= 11 is 0. The van der Waals surface area contributed by atoms with Gasteiger partial charge < -0.3 is 15.0 Å². The van der Waals surface area contributed by atoms with E-state index in [1.807, 2.05) is 0 Å². The Labute approximate surface area is 166 Å². The van der Waals surface area contributed by atoms with E-state index in [9.17, 15) is 31.2 Å². The zero-order valence-corrected chi connectivity index (χ0v) is 16.9. The lowest BCUT2D eigenvalue weighted by molar-refractivity contribution is -0.0438. The van der Waals surface area contributed by atoms with Crippen molar-refractivity contribution in [2.75, 3.05) is 13.1 Å². The number of aromatic nitrogens is 1. The molecule has 0 radical (unpaired) electrons. The Balaban J connectivity index is 2.06. The van der Waals surface area contributed by atoms with Crippen LogP contribution in [0.5, 0.6) is 0 Å². The summed E-state index contributed by atoms with van der Waals surface area (Å²) in [7, 11) is -5.77. The second kappa shape index (κ2) is 8.17. The van der Waals surface area contributed by atoms with Crippen molar-refractivity contribution in [3.8, 4) is 0 Å². The number of sulfone groups is 1. The number of piperidine rings is 1. The van der Waals surface area contributed by atoms with Crippen molar-refractivity contribution >= 4 is 21.8 Å². The van der Waals surface area contributed by atoms with Gasteiger partial charge in [0.25, 0.3) is 15.7 Å². The van der Waals surface area contributed by atoms with E-state index in [4.69, 9.17) is 4.74 Å². The van der Waals surface area contributed by atoms with Crippen LogP contribution in [-0.2, 0) is 14.6 Å². The molecule has 1 aliphatic heterocycles. The van der Waals surface area contributed by atoms with Crippen molar-refractivity contribution in [1.82, 2.24) is 15.2 Å². The lowest BCUT2D eigenvalue weighted by atomic mass is 10.0. The number of nitrogens with one attached hydrogen (secondary N) is 1. The van der Waals surface area contributed by atoms with E-state index in [0.29, 0.717) is 12.8 Å². The van der Waals surface area contributed by atoms with Crippen molar-refractivity contribution in [1.29, 1.82) is 0 Å². The topological polar surface area (TPSA) is 106 Å². The molecule has 8 nitrogen and oxygen atoms in total. The van der Waals surface area contributed by atoms with E-state index in [-0.39, 0.29) is 13.1 Å². The molecule has 2 amide bonds. The Morgan fingerprint density at radius 1 is 1.21 bits per heavy atom. The van der Waals surface area contributed by atoms with Gasteiger partial charge in [-0.05, 0) is 45.7 Å². The van der Waals surface area contributed by atoms with Gasteiger partial charge in [0.2, 0.25) is 0 Å². The van der Waals surface area contributed by atoms with Gasteiger partial charge in [0.1, 0.15) is 5.60 Å². The van der Waals surface area contributed by atoms with Crippen molar-refractivity contribution < 1.29 is 35.9 Å². The number of rotatable bonds is 3. The fraction of sp³-hybridized carbons (Fsp3) is 0.588. The van der Waals surface area contributed by atoms with Crippen LogP contribution in [0, 0.1) is 0 Å². The number of carbonyl (C=O) groups excluding carboxylic acids is 2. The van der Waals surface area contributed by atoms with Crippen molar-refractivity contribution in [2.45, 2.75) is 55.8 Å². The number of hydrogen-bond donors (Lipinski definition) is 1. The highest BCUT2D eigenvalue weighted by Crippen LogP contribution is 2.31. The van der Waals surface area contributed by atoms with Crippen LogP contribution in [0.4, 0.5) is 18.0 Å². The number of ether oxygens (including phenoxy) is 1. The lowest BCUT2D eigenvalue weighted by Gasteiger charge is -2.33. The molecule has 0 aliphatic carbocycles. The second-order valence-electron chi connectivity index (χ2n) is 7.52. The third-order valence-electron chi connectivity index (χ3n) is 4.06. The molecular weight excluding hydrogens is 415 g/mol. The first kappa shape index (κ1) is 22.9. The Kier molecular flexibility index (Phi) is 6.45. The minimum Gasteiger partial charge on any atom is -0.444 e. The van der Waals surface area contributed by atoms with Crippen molar-refractivity contribution in [3.05, 3.63) is 23.9 Å². The minimum absolute atomic E-state index is 0.278. The number of alkyl halides is 3.